The zero-order valence-corrected chi connectivity index (χ0v) is 23.8. The molecule has 5 aromatic rings. The first-order chi connectivity index (χ1) is 20.4. The number of urea groups is 1. The van der Waals surface area contributed by atoms with Crippen molar-refractivity contribution in [2.45, 2.75) is 26.7 Å². The minimum Gasteiger partial charge on any atom is -0.424 e. The number of aryl methyl sites for hydroxylation is 2. The van der Waals surface area contributed by atoms with Gasteiger partial charge in [-0.25, -0.2) is 19.7 Å². The fourth-order valence-corrected chi connectivity index (χ4v) is 5.47. The van der Waals surface area contributed by atoms with E-state index in [-0.39, 0.29) is 11.9 Å². The van der Waals surface area contributed by atoms with Gasteiger partial charge in [-0.05, 0) is 79.4 Å². The molecule has 1 aliphatic rings. The van der Waals surface area contributed by atoms with E-state index in [1.165, 1.54) is 29.3 Å². The molecule has 10 nitrogen and oxygen atoms in total. The van der Waals surface area contributed by atoms with Crippen LogP contribution in [0.2, 0.25) is 0 Å². The summed E-state index contributed by atoms with van der Waals surface area (Å²) < 4.78 is 5.78. The molecule has 0 aliphatic carbocycles. The second-order valence-electron chi connectivity index (χ2n) is 9.81. The third-order valence-electron chi connectivity index (χ3n) is 6.87. The number of aromatic nitrogens is 4. The molecule has 3 aromatic heterocycles. The Labute approximate surface area is 246 Å². The quantitative estimate of drug-likeness (QED) is 0.217. The standard InChI is InChI=1S/C31H27N7O3S/c1-19-7-8-22(15-20(19)2)28-25(5-3-13-32-28)37-29(40)36-23-16-33-30(34-17-23)41-24-11-9-21(10-12-24)26-18-35-31(42-26)38-14-4-6-27(38)39/h3,5,7-13,15-18H,4,6,14H2,1-2H3,(H2,36,37,40). The van der Waals surface area contributed by atoms with Gasteiger partial charge >= 0.3 is 12.0 Å². The number of amides is 3. The highest BCUT2D eigenvalue weighted by atomic mass is 32.1. The van der Waals surface area contributed by atoms with Crippen LogP contribution in [0.5, 0.6) is 11.8 Å². The predicted molar refractivity (Wildman–Crippen MR) is 163 cm³/mol. The largest absolute Gasteiger partial charge is 0.424 e. The first kappa shape index (κ1) is 27.0. The Balaban J connectivity index is 1.06. The molecule has 2 aromatic carbocycles. The van der Waals surface area contributed by atoms with E-state index in [0.29, 0.717) is 29.2 Å². The number of nitrogens with one attached hydrogen (secondary N) is 2. The van der Waals surface area contributed by atoms with E-state index in [1.807, 2.05) is 43.3 Å². The second-order valence-corrected chi connectivity index (χ2v) is 10.8. The van der Waals surface area contributed by atoms with E-state index >= 15 is 0 Å². The van der Waals surface area contributed by atoms with Gasteiger partial charge in [0.15, 0.2) is 5.13 Å². The maximum Gasteiger partial charge on any atom is 0.323 e. The summed E-state index contributed by atoms with van der Waals surface area (Å²) >= 11 is 1.49. The highest BCUT2D eigenvalue weighted by molar-refractivity contribution is 7.19. The number of hydrogen-bond acceptors (Lipinski definition) is 8. The van der Waals surface area contributed by atoms with Gasteiger partial charge in [0.2, 0.25) is 5.91 Å². The summed E-state index contributed by atoms with van der Waals surface area (Å²) in [5, 5.41) is 6.33. The number of carbonyl (C=O) groups is 2. The van der Waals surface area contributed by atoms with Crippen LogP contribution < -0.4 is 20.3 Å². The van der Waals surface area contributed by atoms with E-state index in [9.17, 15) is 9.59 Å². The van der Waals surface area contributed by atoms with Gasteiger partial charge in [0, 0.05) is 30.9 Å². The number of ether oxygens (including phenoxy) is 1. The molecule has 1 fully saturated rings. The first-order valence-electron chi connectivity index (χ1n) is 13.4. The first-order valence-corrected chi connectivity index (χ1v) is 14.2. The van der Waals surface area contributed by atoms with Crippen LogP contribution in [0.3, 0.4) is 0 Å². The molecule has 0 unspecified atom stereocenters. The summed E-state index contributed by atoms with van der Waals surface area (Å²) in [6.07, 6.45) is 7.87. The maximum absolute atomic E-state index is 12.7. The lowest BCUT2D eigenvalue weighted by Crippen LogP contribution is -2.23. The van der Waals surface area contributed by atoms with Crippen molar-refractivity contribution in [2.24, 2.45) is 0 Å². The van der Waals surface area contributed by atoms with Gasteiger partial charge < -0.3 is 15.4 Å². The van der Waals surface area contributed by atoms with Gasteiger partial charge in [-0.2, -0.15) is 0 Å². The minimum atomic E-state index is -0.443. The highest BCUT2D eigenvalue weighted by Gasteiger charge is 2.24. The van der Waals surface area contributed by atoms with E-state index in [4.69, 9.17) is 4.74 Å². The molecule has 0 radical (unpaired) electrons. The van der Waals surface area contributed by atoms with Gasteiger partial charge in [0.05, 0.1) is 34.3 Å². The minimum absolute atomic E-state index is 0.123. The lowest BCUT2D eigenvalue weighted by atomic mass is 10.0. The van der Waals surface area contributed by atoms with Gasteiger partial charge in [-0.3, -0.25) is 14.7 Å². The number of benzene rings is 2. The SMILES string of the molecule is Cc1ccc(-c2ncccc2NC(=O)Nc2cnc(Oc3ccc(-c4cnc(N5CCCC5=O)s4)cc3)nc2)cc1C. The van der Waals surface area contributed by atoms with Crippen molar-refractivity contribution in [3.8, 4) is 33.5 Å². The van der Waals surface area contributed by atoms with Crippen LogP contribution in [-0.4, -0.2) is 38.4 Å². The average molecular weight is 578 g/mol. The molecule has 11 heteroatoms. The molecule has 0 spiro atoms. The molecule has 0 bridgehead atoms. The molecule has 0 atom stereocenters. The van der Waals surface area contributed by atoms with Crippen molar-refractivity contribution < 1.29 is 14.3 Å². The van der Waals surface area contributed by atoms with Crippen molar-refractivity contribution in [3.63, 3.8) is 0 Å². The van der Waals surface area contributed by atoms with Gasteiger partial charge in [0.25, 0.3) is 0 Å². The Morgan fingerprint density at radius 3 is 2.43 bits per heavy atom. The van der Waals surface area contributed by atoms with Crippen molar-refractivity contribution in [1.29, 1.82) is 0 Å². The third kappa shape index (κ3) is 5.96. The van der Waals surface area contributed by atoms with Crippen molar-refractivity contribution in [3.05, 3.63) is 90.5 Å². The molecular weight excluding hydrogens is 550 g/mol. The van der Waals surface area contributed by atoms with Crippen LogP contribution in [0.1, 0.15) is 24.0 Å². The third-order valence-corrected chi connectivity index (χ3v) is 7.94. The van der Waals surface area contributed by atoms with E-state index in [1.54, 1.807) is 29.4 Å². The van der Waals surface area contributed by atoms with Gasteiger partial charge in [0.1, 0.15) is 5.75 Å². The smallest absolute Gasteiger partial charge is 0.323 e. The summed E-state index contributed by atoms with van der Waals surface area (Å²) in [4.78, 5) is 44.8. The lowest BCUT2D eigenvalue weighted by Gasteiger charge is -2.12. The van der Waals surface area contributed by atoms with Crippen LogP contribution in [0.15, 0.2) is 79.4 Å². The highest BCUT2D eigenvalue weighted by Crippen LogP contribution is 2.34. The fraction of sp³-hybridized carbons (Fsp3) is 0.161. The summed E-state index contributed by atoms with van der Waals surface area (Å²) in [6, 6.07) is 16.8. The number of anilines is 3. The molecule has 3 amide bonds. The molecule has 2 N–H and O–H groups in total. The van der Waals surface area contributed by atoms with Crippen molar-refractivity contribution >= 4 is 39.8 Å². The summed E-state index contributed by atoms with van der Waals surface area (Å²) in [5.41, 5.74) is 5.90. The van der Waals surface area contributed by atoms with Crippen LogP contribution in [0, 0.1) is 13.8 Å². The lowest BCUT2D eigenvalue weighted by molar-refractivity contribution is -0.117. The summed E-state index contributed by atoms with van der Waals surface area (Å²) in [7, 11) is 0. The summed E-state index contributed by atoms with van der Waals surface area (Å²) in [5.74, 6) is 0.685. The Morgan fingerprint density at radius 2 is 1.69 bits per heavy atom. The Bertz CT molecular complexity index is 1750. The number of thiazole rings is 1. The number of rotatable bonds is 7. The Hall–Kier alpha value is -5.16. The summed E-state index contributed by atoms with van der Waals surface area (Å²) in [6.45, 7) is 4.82. The van der Waals surface area contributed by atoms with Crippen LogP contribution in [0.4, 0.5) is 21.3 Å². The molecule has 0 saturated carbocycles. The molecule has 1 saturated heterocycles. The second kappa shape index (κ2) is 11.8. The monoisotopic (exact) mass is 577 g/mol. The molecule has 1 aliphatic heterocycles. The van der Waals surface area contributed by atoms with E-state index < -0.39 is 6.03 Å². The molecule has 42 heavy (non-hydrogen) atoms. The number of carbonyl (C=O) groups excluding carboxylic acids is 2. The number of nitrogens with zero attached hydrogens (tertiary/aromatic N) is 5. The normalized spacial score (nSPS) is 12.8. The fourth-order valence-electron chi connectivity index (χ4n) is 4.51. The Kier molecular flexibility index (Phi) is 7.56. The van der Waals surface area contributed by atoms with Crippen molar-refractivity contribution in [1.82, 2.24) is 19.9 Å². The topological polar surface area (TPSA) is 122 Å². The zero-order valence-electron chi connectivity index (χ0n) is 23.0. The van der Waals surface area contributed by atoms with E-state index in [2.05, 4.69) is 43.6 Å². The van der Waals surface area contributed by atoms with Crippen LogP contribution in [0.25, 0.3) is 21.7 Å². The Morgan fingerprint density at radius 1 is 0.905 bits per heavy atom. The van der Waals surface area contributed by atoms with Crippen molar-refractivity contribution in [2.75, 3.05) is 22.1 Å². The number of hydrogen-bond donors (Lipinski definition) is 2. The predicted octanol–water partition coefficient (Wildman–Crippen LogP) is 6.84. The molecule has 4 heterocycles. The molecule has 210 valence electrons. The zero-order chi connectivity index (χ0) is 29.1. The van der Waals surface area contributed by atoms with Crippen LogP contribution >= 0.6 is 11.3 Å². The van der Waals surface area contributed by atoms with E-state index in [0.717, 1.165) is 39.7 Å². The number of pyridine rings is 1. The molecular formula is C31H27N7O3S. The van der Waals surface area contributed by atoms with Gasteiger partial charge in [-0.15, -0.1) is 0 Å². The molecule has 6 rings (SSSR count). The maximum atomic E-state index is 12.7. The van der Waals surface area contributed by atoms with Crippen LogP contribution in [-0.2, 0) is 4.79 Å². The van der Waals surface area contributed by atoms with Gasteiger partial charge in [-0.1, -0.05) is 23.5 Å². The average Bonchev–Trinajstić information content (AvgIpc) is 3.65.